The minimum absolute atomic E-state index is 0.0322. The number of Topliss-reactive ketones (excluding diaryl/α,β-unsaturated/α-hetero) is 1. The van der Waals surface area contributed by atoms with E-state index in [9.17, 15) is 25.2 Å². The van der Waals surface area contributed by atoms with Crippen molar-refractivity contribution in [3.8, 4) is 28.7 Å². The quantitative estimate of drug-likeness (QED) is 0.645. The highest BCUT2D eigenvalue weighted by Crippen LogP contribution is 2.46. The Morgan fingerprint density at radius 2 is 1.77 bits per heavy atom. The van der Waals surface area contributed by atoms with E-state index < -0.39 is 6.10 Å². The van der Waals surface area contributed by atoms with Crippen LogP contribution in [-0.2, 0) is 0 Å². The van der Waals surface area contributed by atoms with E-state index in [1.807, 2.05) is 0 Å². The van der Waals surface area contributed by atoms with Gasteiger partial charge in [-0.3, -0.25) is 4.79 Å². The number of carbonyl (C=O) groups is 1. The second-order valence-electron chi connectivity index (χ2n) is 5.22. The maximum Gasteiger partial charge on any atom is 0.174 e. The van der Waals surface area contributed by atoms with Gasteiger partial charge in [0.1, 0.15) is 40.4 Å². The first-order valence-electron chi connectivity index (χ1n) is 6.65. The first kappa shape index (κ1) is 14.1. The molecule has 0 amide bonds. The maximum absolute atomic E-state index is 12.3. The Balaban J connectivity index is 2.09. The van der Waals surface area contributed by atoms with Gasteiger partial charge in [-0.25, -0.2) is 0 Å². The van der Waals surface area contributed by atoms with Crippen molar-refractivity contribution in [3.05, 3.63) is 41.0 Å². The van der Waals surface area contributed by atoms with Crippen molar-refractivity contribution in [2.24, 2.45) is 0 Å². The molecule has 1 aliphatic heterocycles. The minimum Gasteiger partial charge on any atom is -0.508 e. The molecule has 22 heavy (non-hydrogen) atoms. The average molecular weight is 302 g/mol. The predicted molar refractivity (Wildman–Crippen MR) is 76.6 cm³/mol. The molecule has 0 bridgehead atoms. The molecule has 1 aliphatic rings. The van der Waals surface area contributed by atoms with Gasteiger partial charge < -0.3 is 25.2 Å². The number of benzene rings is 2. The van der Waals surface area contributed by atoms with Crippen molar-refractivity contribution < 1.29 is 30.0 Å². The highest BCUT2D eigenvalue weighted by atomic mass is 16.5. The van der Waals surface area contributed by atoms with Crippen LogP contribution < -0.4 is 4.74 Å². The predicted octanol–water partition coefficient (Wildman–Crippen LogP) is 2.52. The Morgan fingerprint density at radius 1 is 1.05 bits per heavy atom. The molecule has 114 valence electrons. The number of carbonyl (C=O) groups excluding carboxylic acids is 1. The van der Waals surface area contributed by atoms with Crippen molar-refractivity contribution in [2.45, 2.75) is 19.4 Å². The van der Waals surface area contributed by atoms with E-state index in [2.05, 4.69) is 0 Å². The Kier molecular flexibility index (Phi) is 3.09. The van der Waals surface area contributed by atoms with E-state index in [1.54, 1.807) is 6.92 Å². The average Bonchev–Trinajstić information content (AvgIpc) is 2.44. The molecule has 0 fully saturated rings. The summed E-state index contributed by atoms with van der Waals surface area (Å²) in [5, 5.41) is 38.8. The van der Waals surface area contributed by atoms with Crippen LogP contribution in [0.5, 0.6) is 28.7 Å². The van der Waals surface area contributed by atoms with E-state index in [4.69, 9.17) is 4.74 Å². The lowest BCUT2D eigenvalue weighted by molar-refractivity contribution is 0.0840. The van der Waals surface area contributed by atoms with Gasteiger partial charge in [0, 0.05) is 23.3 Å². The van der Waals surface area contributed by atoms with Crippen molar-refractivity contribution >= 4 is 5.78 Å². The van der Waals surface area contributed by atoms with Crippen molar-refractivity contribution in [3.63, 3.8) is 0 Å². The molecule has 0 saturated heterocycles. The number of hydrogen-bond acceptors (Lipinski definition) is 6. The molecule has 1 unspecified atom stereocenters. The van der Waals surface area contributed by atoms with E-state index in [0.717, 1.165) is 12.1 Å². The zero-order valence-electron chi connectivity index (χ0n) is 11.7. The normalized spacial score (nSPS) is 17.0. The summed E-state index contributed by atoms with van der Waals surface area (Å²) in [7, 11) is 0. The number of ether oxygens (including phenoxy) is 1. The monoisotopic (exact) mass is 302 g/mol. The molecule has 1 atom stereocenters. The number of fused-ring (bicyclic) bond motifs is 1. The molecule has 0 radical (unpaired) electrons. The summed E-state index contributed by atoms with van der Waals surface area (Å²) in [5.41, 5.74) is 0.716. The molecule has 6 heteroatoms. The smallest absolute Gasteiger partial charge is 0.174 e. The highest BCUT2D eigenvalue weighted by Gasteiger charge is 2.33. The third kappa shape index (κ3) is 2.09. The summed E-state index contributed by atoms with van der Waals surface area (Å²) >= 11 is 0. The zero-order chi connectivity index (χ0) is 16.0. The number of phenols is 4. The Labute approximate surface area is 125 Å². The topological polar surface area (TPSA) is 107 Å². The molecule has 1 heterocycles. The van der Waals surface area contributed by atoms with Gasteiger partial charge in [0.05, 0.1) is 6.42 Å². The van der Waals surface area contributed by atoms with Crippen LogP contribution in [0.25, 0.3) is 0 Å². The molecule has 0 aromatic heterocycles. The fraction of sp³-hybridized carbons (Fsp3) is 0.188. The van der Waals surface area contributed by atoms with E-state index in [0.29, 0.717) is 11.1 Å². The molecule has 2 aromatic rings. The lowest BCUT2D eigenvalue weighted by atomic mass is 9.93. The van der Waals surface area contributed by atoms with Crippen molar-refractivity contribution in [2.75, 3.05) is 0 Å². The molecule has 0 aliphatic carbocycles. The van der Waals surface area contributed by atoms with Crippen LogP contribution >= 0.6 is 0 Å². The fourth-order valence-electron chi connectivity index (χ4n) is 2.58. The lowest BCUT2D eigenvalue weighted by Crippen LogP contribution is -2.21. The summed E-state index contributed by atoms with van der Waals surface area (Å²) < 4.78 is 5.72. The molecule has 0 spiro atoms. The van der Waals surface area contributed by atoms with Gasteiger partial charge in [-0.1, -0.05) is 0 Å². The van der Waals surface area contributed by atoms with Crippen LogP contribution in [0.4, 0.5) is 0 Å². The largest absolute Gasteiger partial charge is 0.508 e. The second kappa shape index (κ2) is 4.84. The summed E-state index contributed by atoms with van der Waals surface area (Å²) in [5.74, 6) is -1.06. The van der Waals surface area contributed by atoms with Gasteiger partial charge in [-0.05, 0) is 19.1 Å². The molecule has 0 saturated carbocycles. The van der Waals surface area contributed by atoms with Crippen molar-refractivity contribution in [1.82, 2.24) is 0 Å². The number of rotatable bonds is 1. The summed E-state index contributed by atoms with van der Waals surface area (Å²) in [6.07, 6.45) is -0.830. The third-order valence-electron chi connectivity index (χ3n) is 3.75. The highest BCUT2D eigenvalue weighted by molar-refractivity contribution is 6.03. The van der Waals surface area contributed by atoms with Gasteiger partial charge in [0.2, 0.25) is 0 Å². The van der Waals surface area contributed by atoms with Crippen molar-refractivity contribution in [1.29, 1.82) is 0 Å². The van der Waals surface area contributed by atoms with Crippen LogP contribution in [0.1, 0.15) is 34.0 Å². The number of phenolic OH excluding ortho intramolecular Hbond substituents is 4. The summed E-state index contributed by atoms with van der Waals surface area (Å²) in [6.45, 7) is 1.57. The standard InChI is InChI=1S/C16H14O6/c1-7-10(18)5-12(20)15-13(21)6-14(22-16(7)15)9-3-2-8(17)4-11(9)19/h2-5,14,17-20H,6H2,1H3. The van der Waals surface area contributed by atoms with Gasteiger partial charge in [0.15, 0.2) is 5.78 Å². The summed E-state index contributed by atoms with van der Waals surface area (Å²) in [6, 6.07) is 5.11. The molecule has 4 N–H and O–H groups in total. The van der Waals surface area contributed by atoms with Crippen LogP contribution in [0.2, 0.25) is 0 Å². The Bertz CT molecular complexity index is 781. The summed E-state index contributed by atoms with van der Waals surface area (Å²) in [4.78, 5) is 12.3. The van der Waals surface area contributed by atoms with Gasteiger partial charge in [-0.15, -0.1) is 0 Å². The van der Waals surface area contributed by atoms with Crippen LogP contribution in [0.15, 0.2) is 24.3 Å². The van der Waals surface area contributed by atoms with Crippen LogP contribution in [0, 0.1) is 6.92 Å². The molecular weight excluding hydrogens is 288 g/mol. The first-order chi connectivity index (χ1) is 10.4. The Hall–Kier alpha value is -2.89. The number of hydrogen-bond donors (Lipinski definition) is 4. The molecule has 2 aromatic carbocycles. The van der Waals surface area contributed by atoms with Crippen LogP contribution in [0.3, 0.4) is 0 Å². The van der Waals surface area contributed by atoms with Gasteiger partial charge in [0.25, 0.3) is 0 Å². The Morgan fingerprint density at radius 3 is 2.45 bits per heavy atom. The van der Waals surface area contributed by atoms with Gasteiger partial charge >= 0.3 is 0 Å². The molecular formula is C16H14O6. The molecule has 3 rings (SSSR count). The fourth-order valence-corrected chi connectivity index (χ4v) is 2.58. The third-order valence-corrected chi connectivity index (χ3v) is 3.75. The van der Waals surface area contributed by atoms with Gasteiger partial charge in [-0.2, -0.15) is 0 Å². The lowest BCUT2D eigenvalue weighted by Gasteiger charge is -2.28. The first-order valence-corrected chi connectivity index (χ1v) is 6.65. The molecule has 6 nitrogen and oxygen atoms in total. The van der Waals surface area contributed by atoms with Crippen LogP contribution in [-0.4, -0.2) is 26.2 Å². The minimum atomic E-state index is -0.763. The number of aromatic hydroxyl groups is 4. The van der Waals surface area contributed by atoms with E-state index in [1.165, 1.54) is 12.1 Å². The SMILES string of the molecule is Cc1c(O)cc(O)c2c1OC(c1ccc(O)cc1O)CC2=O. The number of ketones is 1. The van der Waals surface area contributed by atoms with E-state index in [-0.39, 0.29) is 46.5 Å². The van der Waals surface area contributed by atoms with E-state index >= 15 is 0 Å². The maximum atomic E-state index is 12.3. The zero-order valence-corrected chi connectivity index (χ0v) is 11.7. The second-order valence-corrected chi connectivity index (χ2v) is 5.22.